The van der Waals surface area contributed by atoms with Crippen LogP contribution in [0.2, 0.25) is 0 Å². The normalized spacial score (nSPS) is 19.2. The average Bonchev–Trinajstić information content (AvgIpc) is 2.53. The van der Waals surface area contributed by atoms with Crippen molar-refractivity contribution in [3.8, 4) is 0 Å². The van der Waals surface area contributed by atoms with Crippen LogP contribution in [0.15, 0.2) is 48.5 Å². The Morgan fingerprint density at radius 2 is 1.91 bits per heavy atom. The molecule has 1 aliphatic heterocycles. The number of carbonyl (C=O) groups is 1. The molecule has 0 unspecified atom stereocenters. The van der Waals surface area contributed by atoms with Crippen LogP contribution in [-0.2, 0) is 11.3 Å². The van der Waals surface area contributed by atoms with Crippen LogP contribution in [0.3, 0.4) is 0 Å². The standard InChI is InChI=1S/C19H21FN2O/c1-14-6-5-7-16(12-14)13-21-10-11-22(19(23)15(21)2)18-9-4-3-8-17(18)20/h3-9,12,15H,10-11,13H2,1-2H3/t15-/m1/s1. The zero-order valence-corrected chi connectivity index (χ0v) is 13.5. The van der Waals surface area contributed by atoms with Crippen molar-refractivity contribution in [1.82, 2.24) is 4.90 Å². The second kappa shape index (κ2) is 6.50. The predicted octanol–water partition coefficient (Wildman–Crippen LogP) is 3.37. The number of nitrogens with zero attached hydrogens (tertiary/aromatic N) is 2. The summed E-state index contributed by atoms with van der Waals surface area (Å²) >= 11 is 0. The Kier molecular flexibility index (Phi) is 4.44. The van der Waals surface area contributed by atoms with Crippen molar-refractivity contribution in [2.75, 3.05) is 18.0 Å². The van der Waals surface area contributed by atoms with E-state index in [0.717, 1.165) is 13.1 Å². The van der Waals surface area contributed by atoms with E-state index in [1.165, 1.54) is 17.2 Å². The highest BCUT2D eigenvalue weighted by Crippen LogP contribution is 2.24. The van der Waals surface area contributed by atoms with Crippen molar-refractivity contribution < 1.29 is 9.18 Å². The first-order valence-corrected chi connectivity index (χ1v) is 7.92. The molecule has 3 nitrogen and oxygen atoms in total. The Balaban J connectivity index is 1.75. The molecular formula is C19H21FN2O. The van der Waals surface area contributed by atoms with Gasteiger partial charge in [0.25, 0.3) is 0 Å². The summed E-state index contributed by atoms with van der Waals surface area (Å²) in [4.78, 5) is 16.4. The molecule has 23 heavy (non-hydrogen) atoms. The molecule has 0 N–H and O–H groups in total. The van der Waals surface area contributed by atoms with Crippen molar-refractivity contribution in [3.05, 3.63) is 65.5 Å². The fraction of sp³-hybridized carbons (Fsp3) is 0.316. The maximum Gasteiger partial charge on any atom is 0.244 e. The van der Waals surface area contributed by atoms with E-state index < -0.39 is 0 Å². The maximum atomic E-state index is 14.0. The second-order valence-corrected chi connectivity index (χ2v) is 6.08. The van der Waals surface area contributed by atoms with Crippen LogP contribution in [0.25, 0.3) is 0 Å². The van der Waals surface area contributed by atoms with Gasteiger partial charge in [0, 0.05) is 19.6 Å². The zero-order valence-electron chi connectivity index (χ0n) is 13.5. The molecule has 1 aliphatic rings. The lowest BCUT2D eigenvalue weighted by atomic mass is 10.1. The molecule has 1 heterocycles. The van der Waals surface area contributed by atoms with Crippen LogP contribution in [0.1, 0.15) is 18.1 Å². The van der Waals surface area contributed by atoms with E-state index >= 15 is 0 Å². The van der Waals surface area contributed by atoms with E-state index in [2.05, 4.69) is 30.0 Å². The van der Waals surface area contributed by atoms with Gasteiger partial charge >= 0.3 is 0 Å². The van der Waals surface area contributed by atoms with Gasteiger partial charge in [0.1, 0.15) is 5.82 Å². The number of amides is 1. The Morgan fingerprint density at radius 1 is 1.13 bits per heavy atom. The molecule has 0 saturated carbocycles. The first kappa shape index (κ1) is 15.7. The monoisotopic (exact) mass is 312 g/mol. The fourth-order valence-corrected chi connectivity index (χ4v) is 3.08. The summed E-state index contributed by atoms with van der Waals surface area (Å²) in [6.07, 6.45) is 0. The molecule has 120 valence electrons. The highest BCUT2D eigenvalue weighted by molar-refractivity contribution is 5.97. The summed E-state index contributed by atoms with van der Waals surface area (Å²) in [7, 11) is 0. The highest BCUT2D eigenvalue weighted by Gasteiger charge is 2.33. The summed E-state index contributed by atoms with van der Waals surface area (Å²) in [6.45, 7) is 5.93. The van der Waals surface area contributed by atoms with Gasteiger partial charge in [-0.25, -0.2) is 4.39 Å². The maximum absolute atomic E-state index is 14.0. The van der Waals surface area contributed by atoms with Crippen LogP contribution in [0.5, 0.6) is 0 Å². The molecule has 1 saturated heterocycles. The molecule has 0 bridgehead atoms. The van der Waals surface area contributed by atoms with Crippen LogP contribution in [-0.4, -0.2) is 29.9 Å². The van der Waals surface area contributed by atoms with Gasteiger partial charge in [0.15, 0.2) is 0 Å². The third-order valence-electron chi connectivity index (χ3n) is 4.39. The number of rotatable bonds is 3. The van der Waals surface area contributed by atoms with Crippen LogP contribution >= 0.6 is 0 Å². The van der Waals surface area contributed by atoms with Crippen molar-refractivity contribution in [1.29, 1.82) is 0 Å². The lowest BCUT2D eigenvalue weighted by Crippen LogP contribution is -2.55. The molecule has 0 aromatic heterocycles. The van der Waals surface area contributed by atoms with E-state index in [9.17, 15) is 9.18 Å². The minimum absolute atomic E-state index is 0.0472. The molecule has 1 fully saturated rings. The Labute approximate surface area is 136 Å². The summed E-state index contributed by atoms with van der Waals surface area (Å²) < 4.78 is 14.0. The van der Waals surface area contributed by atoms with Crippen LogP contribution in [0, 0.1) is 12.7 Å². The molecule has 2 aromatic rings. The smallest absolute Gasteiger partial charge is 0.244 e. The van der Waals surface area contributed by atoms with Gasteiger partial charge in [0.2, 0.25) is 5.91 Å². The zero-order chi connectivity index (χ0) is 16.4. The number of hydrogen-bond donors (Lipinski definition) is 0. The molecule has 0 spiro atoms. The van der Waals surface area contributed by atoms with E-state index in [-0.39, 0.29) is 17.8 Å². The average molecular weight is 312 g/mol. The van der Waals surface area contributed by atoms with Crippen molar-refractivity contribution in [2.24, 2.45) is 0 Å². The largest absolute Gasteiger partial charge is 0.307 e. The fourth-order valence-electron chi connectivity index (χ4n) is 3.08. The number of benzene rings is 2. The van der Waals surface area contributed by atoms with Crippen molar-refractivity contribution in [2.45, 2.75) is 26.4 Å². The van der Waals surface area contributed by atoms with Crippen LogP contribution in [0.4, 0.5) is 10.1 Å². The Hall–Kier alpha value is -2.20. The first-order valence-electron chi connectivity index (χ1n) is 7.92. The first-order chi connectivity index (χ1) is 11.1. The van der Waals surface area contributed by atoms with Gasteiger partial charge in [0.05, 0.1) is 11.7 Å². The summed E-state index contributed by atoms with van der Waals surface area (Å²) in [5.41, 5.74) is 2.79. The van der Waals surface area contributed by atoms with Gasteiger partial charge in [-0.1, -0.05) is 42.0 Å². The van der Waals surface area contributed by atoms with Gasteiger partial charge in [-0.15, -0.1) is 0 Å². The van der Waals surface area contributed by atoms with Gasteiger partial charge < -0.3 is 4.90 Å². The van der Waals surface area contributed by atoms with Gasteiger partial charge in [-0.2, -0.15) is 0 Å². The molecule has 2 aromatic carbocycles. The van der Waals surface area contributed by atoms with E-state index in [1.54, 1.807) is 23.1 Å². The van der Waals surface area contributed by atoms with Crippen molar-refractivity contribution in [3.63, 3.8) is 0 Å². The topological polar surface area (TPSA) is 23.6 Å². The molecule has 4 heteroatoms. The number of carbonyl (C=O) groups excluding carboxylic acids is 1. The van der Waals surface area contributed by atoms with Crippen molar-refractivity contribution >= 4 is 11.6 Å². The minimum atomic E-state index is -0.347. The number of para-hydroxylation sites is 1. The number of halogens is 1. The number of aryl methyl sites for hydroxylation is 1. The van der Waals surface area contributed by atoms with Gasteiger partial charge in [-0.05, 0) is 31.5 Å². The van der Waals surface area contributed by atoms with Crippen LogP contribution < -0.4 is 4.90 Å². The number of hydrogen-bond acceptors (Lipinski definition) is 2. The van der Waals surface area contributed by atoms with E-state index in [4.69, 9.17) is 0 Å². The Morgan fingerprint density at radius 3 is 2.65 bits per heavy atom. The Bertz CT molecular complexity index is 716. The quantitative estimate of drug-likeness (QED) is 0.867. The van der Waals surface area contributed by atoms with E-state index in [1.807, 2.05) is 13.0 Å². The summed E-state index contributed by atoms with van der Waals surface area (Å²) in [5, 5.41) is 0. The number of anilines is 1. The third-order valence-corrected chi connectivity index (χ3v) is 4.39. The molecule has 0 aliphatic carbocycles. The van der Waals surface area contributed by atoms with Gasteiger partial charge in [-0.3, -0.25) is 9.69 Å². The predicted molar refractivity (Wildman–Crippen MR) is 89.8 cm³/mol. The SMILES string of the molecule is Cc1cccc(CN2CCN(c3ccccc3F)C(=O)[C@H]2C)c1. The molecule has 1 amide bonds. The highest BCUT2D eigenvalue weighted by atomic mass is 19.1. The molecule has 3 rings (SSSR count). The number of piperazine rings is 1. The summed E-state index contributed by atoms with van der Waals surface area (Å²) in [5.74, 6) is -0.394. The lowest BCUT2D eigenvalue weighted by molar-refractivity contribution is -0.125. The lowest BCUT2D eigenvalue weighted by Gasteiger charge is -2.39. The molecule has 0 radical (unpaired) electrons. The molecule has 1 atom stereocenters. The second-order valence-electron chi connectivity index (χ2n) is 6.08. The summed E-state index contributed by atoms with van der Waals surface area (Å²) in [6, 6.07) is 14.5. The molecular weight excluding hydrogens is 291 g/mol. The van der Waals surface area contributed by atoms with E-state index in [0.29, 0.717) is 12.2 Å². The minimum Gasteiger partial charge on any atom is -0.307 e. The third kappa shape index (κ3) is 3.27.